The lowest BCUT2D eigenvalue weighted by Gasteiger charge is -2.21. The summed E-state index contributed by atoms with van der Waals surface area (Å²) in [6.45, 7) is 9.04. The van der Waals surface area contributed by atoms with Crippen LogP contribution < -0.4 is 0 Å². The lowest BCUT2D eigenvalue weighted by molar-refractivity contribution is -0.167. The number of carbonyl (C=O) groups excluding carboxylic acids is 4. The van der Waals surface area contributed by atoms with Gasteiger partial charge in [0.1, 0.15) is 6.61 Å². The van der Waals surface area contributed by atoms with Crippen LogP contribution in [-0.2, 0) is 33.4 Å². The Morgan fingerprint density at radius 3 is 1.95 bits per heavy atom. The molecule has 0 aliphatic rings. The third-order valence-electron chi connectivity index (χ3n) is 2.64. The van der Waals surface area contributed by atoms with Gasteiger partial charge in [-0.05, 0) is 13.8 Å². The van der Waals surface area contributed by atoms with Gasteiger partial charge in [-0.1, -0.05) is 20.8 Å². The molecule has 126 valence electrons. The van der Waals surface area contributed by atoms with Gasteiger partial charge in [0.2, 0.25) is 0 Å². The fraction of sp³-hybridized carbons (Fsp3) is 0.733. The Labute approximate surface area is 130 Å². The average Bonchev–Trinajstić information content (AvgIpc) is 2.35. The predicted molar refractivity (Wildman–Crippen MR) is 76.8 cm³/mol. The molecule has 0 bridgehead atoms. The molecule has 7 nitrogen and oxygen atoms in total. The highest BCUT2D eigenvalue weighted by Crippen LogP contribution is 2.18. The molecule has 0 spiro atoms. The molecule has 0 saturated heterocycles. The normalized spacial score (nSPS) is 13.7. The first-order valence-corrected chi connectivity index (χ1v) is 7.02. The van der Waals surface area contributed by atoms with Gasteiger partial charge in [-0.15, -0.1) is 0 Å². The summed E-state index contributed by atoms with van der Waals surface area (Å²) in [6, 6.07) is 0. The summed E-state index contributed by atoms with van der Waals surface area (Å²) in [5.74, 6) is -2.18. The Morgan fingerprint density at radius 1 is 0.955 bits per heavy atom. The first-order chi connectivity index (χ1) is 9.95. The molecule has 2 atom stereocenters. The van der Waals surface area contributed by atoms with Gasteiger partial charge < -0.3 is 14.2 Å². The summed E-state index contributed by atoms with van der Waals surface area (Å²) in [7, 11) is 0. The van der Waals surface area contributed by atoms with Gasteiger partial charge >= 0.3 is 17.9 Å². The predicted octanol–water partition coefficient (Wildman–Crippen LogP) is 1.42. The highest BCUT2D eigenvalue weighted by atomic mass is 16.6. The second-order valence-electron chi connectivity index (χ2n) is 5.92. The molecule has 0 N–H and O–H groups in total. The zero-order valence-corrected chi connectivity index (χ0v) is 13.9. The van der Waals surface area contributed by atoms with E-state index in [0.717, 1.165) is 0 Å². The lowest BCUT2D eigenvalue weighted by Crippen LogP contribution is -2.34. The highest BCUT2D eigenvalue weighted by Gasteiger charge is 2.29. The van der Waals surface area contributed by atoms with Crippen molar-refractivity contribution in [1.29, 1.82) is 0 Å². The van der Waals surface area contributed by atoms with Crippen LogP contribution in [0.2, 0.25) is 0 Å². The first-order valence-electron chi connectivity index (χ1n) is 7.02. The maximum Gasteiger partial charge on any atom is 0.347 e. The molecule has 0 fully saturated rings. The number of hydrogen-bond donors (Lipinski definition) is 0. The Hall–Kier alpha value is -1.92. The highest BCUT2D eigenvalue weighted by molar-refractivity contribution is 5.89. The topological polar surface area (TPSA) is 96.0 Å². The van der Waals surface area contributed by atoms with E-state index in [0.29, 0.717) is 0 Å². The molecule has 0 saturated carbocycles. The standard InChI is InChI=1S/C15H24O7/c1-9(13(18)15(4,5)6)22-12(17)7-8-20-14(19)10(2)21-11(3)16/h9-10H,7-8H2,1-6H3. The van der Waals surface area contributed by atoms with Crippen LogP contribution in [0.25, 0.3) is 0 Å². The maximum absolute atomic E-state index is 11.9. The smallest absolute Gasteiger partial charge is 0.347 e. The van der Waals surface area contributed by atoms with Gasteiger partial charge in [-0.25, -0.2) is 4.79 Å². The molecule has 0 aromatic heterocycles. The number of esters is 3. The van der Waals surface area contributed by atoms with E-state index in [-0.39, 0.29) is 18.8 Å². The monoisotopic (exact) mass is 316 g/mol. The number of ether oxygens (including phenoxy) is 3. The fourth-order valence-corrected chi connectivity index (χ4v) is 1.57. The van der Waals surface area contributed by atoms with Crippen LogP contribution in [0.4, 0.5) is 0 Å². The van der Waals surface area contributed by atoms with Crippen LogP contribution in [0.3, 0.4) is 0 Å². The van der Waals surface area contributed by atoms with E-state index in [1.165, 1.54) is 20.8 Å². The average molecular weight is 316 g/mol. The molecule has 0 radical (unpaired) electrons. The minimum absolute atomic E-state index is 0.180. The van der Waals surface area contributed by atoms with E-state index >= 15 is 0 Å². The first kappa shape index (κ1) is 20.1. The van der Waals surface area contributed by atoms with Crippen molar-refractivity contribution in [2.24, 2.45) is 5.41 Å². The summed E-state index contributed by atoms with van der Waals surface area (Å²) in [4.78, 5) is 45.5. The molecule has 0 amide bonds. The van der Waals surface area contributed by atoms with Gasteiger partial charge in [0.15, 0.2) is 18.0 Å². The van der Waals surface area contributed by atoms with Crippen molar-refractivity contribution in [3.63, 3.8) is 0 Å². The number of rotatable bonds is 7. The van der Waals surface area contributed by atoms with Gasteiger partial charge in [0.25, 0.3) is 0 Å². The molecule has 0 aliphatic heterocycles. The third-order valence-corrected chi connectivity index (χ3v) is 2.64. The summed E-state index contributed by atoms with van der Waals surface area (Å²) < 4.78 is 14.4. The Bertz CT molecular complexity index is 434. The Kier molecular flexibility index (Phi) is 7.76. The van der Waals surface area contributed by atoms with Crippen LogP contribution >= 0.6 is 0 Å². The molecular weight excluding hydrogens is 292 g/mol. The number of Topliss-reactive ketones (excluding diaryl/α,β-unsaturated/α-hetero) is 1. The van der Waals surface area contributed by atoms with Crippen molar-refractivity contribution in [2.75, 3.05) is 6.61 Å². The summed E-state index contributed by atoms with van der Waals surface area (Å²) in [6.07, 6.45) is -2.07. The second kappa shape index (κ2) is 8.51. The molecule has 0 aromatic rings. The molecule has 22 heavy (non-hydrogen) atoms. The molecular formula is C15H24O7. The van der Waals surface area contributed by atoms with E-state index < -0.39 is 35.5 Å². The van der Waals surface area contributed by atoms with Crippen molar-refractivity contribution in [2.45, 2.75) is 60.2 Å². The van der Waals surface area contributed by atoms with E-state index in [4.69, 9.17) is 9.47 Å². The number of ketones is 1. The van der Waals surface area contributed by atoms with Crippen molar-refractivity contribution in [3.05, 3.63) is 0 Å². The Balaban J connectivity index is 4.13. The van der Waals surface area contributed by atoms with Crippen molar-refractivity contribution in [1.82, 2.24) is 0 Å². The maximum atomic E-state index is 11.9. The van der Waals surface area contributed by atoms with Crippen LogP contribution in [0.1, 0.15) is 48.0 Å². The van der Waals surface area contributed by atoms with Crippen molar-refractivity contribution >= 4 is 23.7 Å². The van der Waals surface area contributed by atoms with E-state index in [9.17, 15) is 19.2 Å². The molecule has 0 aliphatic carbocycles. The second-order valence-corrected chi connectivity index (χ2v) is 5.92. The molecule has 0 rings (SSSR count). The Morgan fingerprint density at radius 2 is 1.50 bits per heavy atom. The number of hydrogen-bond acceptors (Lipinski definition) is 7. The fourth-order valence-electron chi connectivity index (χ4n) is 1.57. The number of carbonyl (C=O) groups is 4. The molecule has 0 aromatic carbocycles. The molecule has 0 heterocycles. The van der Waals surface area contributed by atoms with Gasteiger partial charge in [-0.2, -0.15) is 0 Å². The van der Waals surface area contributed by atoms with Crippen LogP contribution in [0.15, 0.2) is 0 Å². The molecule has 7 heteroatoms. The van der Waals surface area contributed by atoms with Crippen LogP contribution in [-0.4, -0.2) is 42.5 Å². The quantitative estimate of drug-likeness (QED) is 0.517. The minimum Gasteiger partial charge on any atom is -0.462 e. The van der Waals surface area contributed by atoms with E-state index in [1.54, 1.807) is 20.8 Å². The van der Waals surface area contributed by atoms with Gasteiger partial charge in [-0.3, -0.25) is 14.4 Å². The van der Waals surface area contributed by atoms with Crippen LogP contribution in [0.5, 0.6) is 0 Å². The van der Waals surface area contributed by atoms with Crippen molar-refractivity contribution < 1.29 is 33.4 Å². The zero-order valence-electron chi connectivity index (χ0n) is 13.9. The zero-order chi connectivity index (χ0) is 17.5. The summed E-state index contributed by atoms with van der Waals surface area (Å²) in [5.41, 5.74) is -0.606. The largest absolute Gasteiger partial charge is 0.462 e. The summed E-state index contributed by atoms with van der Waals surface area (Å²) >= 11 is 0. The summed E-state index contributed by atoms with van der Waals surface area (Å²) in [5, 5.41) is 0. The van der Waals surface area contributed by atoms with E-state index in [2.05, 4.69) is 4.74 Å². The SMILES string of the molecule is CC(=O)OC(C)C(=O)OCCC(=O)OC(C)C(=O)C(C)(C)C. The van der Waals surface area contributed by atoms with E-state index in [1.807, 2.05) is 0 Å². The lowest BCUT2D eigenvalue weighted by atomic mass is 9.88. The minimum atomic E-state index is -1.03. The van der Waals surface area contributed by atoms with Gasteiger partial charge in [0.05, 0.1) is 6.42 Å². The van der Waals surface area contributed by atoms with Crippen molar-refractivity contribution in [3.8, 4) is 0 Å². The van der Waals surface area contributed by atoms with Gasteiger partial charge in [0, 0.05) is 12.3 Å². The molecule has 2 unspecified atom stereocenters. The van der Waals surface area contributed by atoms with Crippen LogP contribution in [0, 0.1) is 5.41 Å². The third kappa shape index (κ3) is 7.75.